The molecule has 3 aromatic carbocycles. The highest BCUT2D eigenvalue weighted by atomic mass is 28.3. The molecule has 2 saturated heterocycles. The van der Waals surface area contributed by atoms with Crippen molar-refractivity contribution >= 4 is 36.6 Å². The fraction of sp³-hybridized carbons (Fsp3) is 0.405. The molecule has 3 aliphatic heterocycles. The Morgan fingerprint density at radius 1 is 1.04 bits per heavy atom. The Balaban J connectivity index is 1.23. The smallest absolute Gasteiger partial charge is 0.414 e. The molecule has 0 radical (unpaired) electrons. The lowest BCUT2D eigenvalue weighted by molar-refractivity contribution is -0.146. The monoisotopic (exact) mass is 681 g/mol. The molecule has 12 heteroatoms. The maximum Gasteiger partial charge on any atom is 0.414 e. The highest BCUT2D eigenvalue weighted by molar-refractivity contribution is 6.91. The van der Waals surface area contributed by atoms with Crippen molar-refractivity contribution in [1.29, 1.82) is 0 Å². The number of rotatable bonds is 11. The Kier molecular flexibility index (Phi) is 8.80. The Morgan fingerprint density at radius 2 is 1.80 bits per heavy atom. The number of hydrogen-bond donors (Lipinski definition) is 1. The van der Waals surface area contributed by atoms with Crippen LogP contribution in [0.25, 0.3) is 0 Å². The molecule has 11 nitrogen and oxygen atoms in total. The quantitative estimate of drug-likeness (QED) is 0.228. The zero-order chi connectivity index (χ0) is 34.3. The average molecular weight is 682 g/mol. The number of aryl methyl sites for hydroxylation is 1. The molecule has 49 heavy (non-hydrogen) atoms. The fourth-order valence-corrected chi connectivity index (χ4v) is 12.3. The van der Waals surface area contributed by atoms with E-state index in [-0.39, 0.29) is 36.2 Å². The third kappa shape index (κ3) is 5.71. The molecule has 4 heterocycles. The summed E-state index contributed by atoms with van der Waals surface area (Å²) in [5, 5.41) is 19.2. The Labute approximate surface area is 287 Å². The van der Waals surface area contributed by atoms with Gasteiger partial charge in [-0.15, -0.1) is 5.10 Å². The number of methoxy groups -OCH3 is 1. The molecule has 0 unspecified atom stereocenters. The zero-order valence-corrected chi connectivity index (χ0v) is 29.4. The van der Waals surface area contributed by atoms with Crippen molar-refractivity contribution in [3.8, 4) is 5.75 Å². The van der Waals surface area contributed by atoms with Crippen LogP contribution >= 0.6 is 0 Å². The maximum atomic E-state index is 15.0. The van der Waals surface area contributed by atoms with E-state index in [0.29, 0.717) is 39.1 Å². The number of anilines is 2. The number of para-hydroxylation sites is 1. The van der Waals surface area contributed by atoms with Gasteiger partial charge < -0.3 is 24.2 Å². The largest absolute Gasteiger partial charge is 0.497 e. The standard InChI is InChI=1S/C37H43N5O6Si/c1-25-34(49(3,4)30-15-13-29(46-2)14-16-30)33(17-19-40-24-27(18-21-43)38-39-40)48-37(25)31-7-5-6-8-32(31)42(35(37)44)23-26-9-11-28(12-10-26)41-20-22-47-36(41)45/h5-16,24-25,33-34,43H,17-23H2,1-4H3/t25-,33+,34-,37+/m1/s1. The first-order valence-corrected chi connectivity index (χ1v) is 20.0. The molecule has 1 aromatic heterocycles. The van der Waals surface area contributed by atoms with Gasteiger partial charge in [-0.3, -0.25) is 14.4 Å². The first kappa shape index (κ1) is 33.0. The number of aliphatic hydroxyl groups excluding tert-OH is 1. The number of cyclic esters (lactones) is 1. The summed E-state index contributed by atoms with van der Waals surface area (Å²) >= 11 is 0. The van der Waals surface area contributed by atoms with Crippen LogP contribution in [0.1, 0.15) is 30.2 Å². The molecule has 4 aromatic rings. The van der Waals surface area contributed by atoms with Gasteiger partial charge in [0.15, 0.2) is 5.60 Å². The van der Waals surface area contributed by atoms with Gasteiger partial charge in [-0.2, -0.15) is 0 Å². The van der Waals surface area contributed by atoms with Gasteiger partial charge in [-0.25, -0.2) is 4.79 Å². The first-order chi connectivity index (χ1) is 23.7. The van der Waals surface area contributed by atoms with Crippen molar-refractivity contribution in [2.75, 3.05) is 36.7 Å². The molecule has 7 rings (SSSR count). The van der Waals surface area contributed by atoms with Crippen molar-refractivity contribution in [2.45, 2.75) is 63.2 Å². The van der Waals surface area contributed by atoms with E-state index >= 15 is 0 Å². The minimum Gasteiger partial charge on any atom is -0.497 e. The van der Waals surface area contributed by atoms with Gasteiger partial charge in [0.2, 0.25) is 0 Å². The van der Waals surface area contributed by atoms with Crippen LogP contribution in [-0.2, 0) is 39.4 Å². The van der Waals surface area contributed by atoms with Crippen LogP contribution in [0.15, 0.2) is 79.0 Å². The predicted octanol–water partition coefficient (Wildman–Crippen LogP) is 4.63. The zero-order valence-electron chi connectivity index (χ0n) is 28.4. The van der Waals surface area contributed by atoms with E-state index in [1.54, 1.807) is 12.0 Å². The number of fused-ring (bicyclic) bond motifs is 2. The Morgan fingerprint density at radius 3 is 2.49 bits per heavy atom. The van der Waals surface area contributed by atoms with Crippen molar-refractivity contribution in [1.82, 2.24) is 15.0 Å². The maximum absolute atomic E-state index is 15.0. The molecule has 1 spiro atoms. The van der Waals surface area contributed by atoms with Crippen LogP contribution in [0.4, 0.5) is 16.2 Å². The first-order valence-electron chi connectivity index (χ1n) is 16.9. The van der Waals surface area contributed by atoms with Gasteiger partial charge >= 0.3 is 6.09 Å². The predicted molar refractivity (Wildman–Crippen MR) is 188 cm³/mol. The number of hydrogen-bond acceptors (Lipinski definition) is 8. The van der Waals surface area contributed by atoms with E-state index in [1.807, 2.05) is 76.4 Å². The van der Waals surface area contributed by atoms with Crippen LogP contribution in [-0.4, -0.2) is 73.1 Å². The highest BCUT2D eigenvalue weighted by Crippen LogP contribution is 2.60. The molecule has 0 saturated carbocycles. The van der Waals surface area contributed by atoms with Crippen LogP contribution in [0.2, 0.25) is 18.6 Å². The number of carbonyl (C=O) groups excluding carboxylic acids is 2. The molecule has 3 aliphatic rings. The van der Waals surface area contributed by atoms with Gasteiger partial charge in [-0.05, 0) is 47.9 Å². The molecular formula is C37H43N5O6Si. The highest BCUT2D eigenvalue weighted by Gasteiger charge is 2.66. The second-order valence-corrected chi connectivity index (χ2v) is 18.4. The van der Waals surface area contributed by atoms with Gasteiger partial charge in [0.25, 0.3) is 5.91 Å². The van der Waals surface area contributed by atoms with E-state index in [9.17, 15) is 14.7 Å². The topological polar surface area (TPSA) is 119 Å². The number of ether oxygens (including phenoxy) is 3. The molecule has 1 N–H and O–H groups in total. The summed E-state index contributed by atoms with van der Waals surface area (Å²) in [7, 11) is -0.618. The van der Waals surface area contributed by atoms with Gasteiger partial charge in [0.1, 0.15) is 12.4 Å². The van der Waals surface area contributed by atoms with Gasteiger partial charge in [0, 0.05) is 42.9 Å². The lowest BCUT2D eigenvalue weighted by atomic mass is 9.82. The summed E-state index contributed by atoms with van der Waals surface area (Å²) in [5.41, 5.74) is 3.18. The van der Waals surface area contributed by atoms with E-state index in [4.69, 9.17) is 14.2 Å². The fourth-order valence-electron chi connectivity index (χ4n) is 8.22. The summed E-state index contributed by atoms with van der Waals surface area (Å²) in [6, 6.07) is 24.1. The molecule has 0 aliphatic carbocycles. The summed E-state index contributed by atoms with van der Waals surface area (Å²) in [5.74, 6) is 0.640. The van der Waals surface area contributed by atoms with E-state index in [2.05, 4.69) is 42.5 Å². The van der Waals surface area contributed by atoms with E-state index in [1.165, 1.54) is 5.19 Å². The molecule has 2 amide bonds. The Hall–Kier alpha value is -4.52. The minimum absolute atomic E-state index is 0.0173. The number of benzene rings is 3. The van der Waals surface area contributed by atoms with Crippen LogP contribution in [0.5, 0.6) is 5.75 Å². The third-order valence-electron chi connectivity index (χ3n) is 10.7. The molecule has 0 bridgehead atoms. The molecular weight excluding hydrogens is 639 g/mol. The second-order valence-electron chi connectivity index (χ2n) is 13.7. The number of nitrogens with zero attached hydrogens (tertiary/aromatic N) is 5. The van der Waals surface area contributed by atoms with Crippen LogP contribution in [0, 0.1) is 5.92 Å². The van der Waals surface area contributed by atoms with Crippen molar-refractivity contribution < 1.29 is 28.9 Å². The minimum atomic E-state index is -2.29. The molecule has 256 valence electrons. The lowest BCUT2D eigenvalue weighted by Gasteiger charge is -2.37. The van der Waals surface area contributed by atoms with Crippen LogP contribution in [0.3, 0.4) is 0 Å². The van der Waals surface area contributed by atoms with Gasteiger partial charge in [-0.1, -0.05) is 72.9 Å². The molecule has 2 fully saturated rings. The lowest BCUT2D eigenvalue weighted by Crippen LogP contribution is -2.51. The number of carbonyl (C=O) groups is 2. The number of amides is 2. The molecule has 4 atom stereocenters. The summed E-state index contributed by atoms with van der Waals surface area (Å²) in [4.78, 5) is 30.6. The SMILES string of the molecule is COc1ccc([Si](C)(C)[C@H]2[C@H](CCn3cc(CCO)nn3)O[C@@]3(C(=O)N(Cc4ccc(N5CCOC5=O)cc4)c4ccccc43)[C@@H]2C)cc1. The summed E-state index contributed by atoms with van der Waals surface area (Å²) < 4.78 is 19.6. The van der Waals surface area contributed by atoms with E-state index in [0.717, 1.165) is 33.9 Å². The van der Waals surface area contributed by atoms with E-state index < -0.39 is 13.7 Å². The third-order valence-corrected chi connectivity index (χ3v) is 15.0. The average Bonchev–Trinajstić information content (AvgIpc) is 3.87. The van der Waals surface area contributed by atoms with Crippen molar-refractivity contribution in [2.24, 2.45) is 5.92 Å². The number of aliphatic hydroxyl groups is 1. The normalized spacial score (nSPS) is 23.4. The van der Waals surface area contributed by atoms with Crippen molar-refractivity contribution in [3.63, 3.8) is 0 Å². The van der Waals surface area contributed by atoms with Gasteiger partial charge in [0.05, 0.1) is 45.8 Å². The van der Waals surface area contributed by atoms with Crippen molar-refractivity contribution in [3.05, 3.63) is 95.8 Å². The summed E-state index contributed by atoms with van der Waals surface area (Å²) in [6.45, 7) is 8.81. The van der Waals surface area contributed by atoms with Crippen LogP contribution < -0.4 is 19.7 Å². The Bertz CT molecular complexity index is 1830. The summed E-state index contributed by atoms with van der Waals surface area (Å²) in [6.07, 6.45) is 2.42. The number of aromatic nitrogens is 3. The second kappa shape index (κ2) is 13.1.